The van der Waals surface area contributed by atoms with Gasteiger partial charge in [0.05, 0.1) is 12.5 Å². The SMILES string of the molecule is CCOC(=O)[C@H](C)[C@@H](C)c1ccccc1. The number of ether oxygens (including phenoxy) is 1. The third-order valence-electron chi connectivity index (χ3n) is 2.73. The van der Waals surface area contributed by atoms with Gasteiger partial charge >= 0.3 is 5.97 Å². The number of carbonyl (C=O) groups is 1. The van der Waals surface area contributed by atoms with E-state index in [9.17, 15) is 4.79 Å². The van der Waals surface area contributed by atoms with Crippen LogP contribution in [0.5, 0.6) is 0 Å². The monoisotopic (exact) mass is 206 g/mol. The topological polar surface area (TPSA) is 26.3 Å². The summed E-state index contributed by atoms with van der Waals surface area (Å²) >= 11 is 0. The maximum atomic E-state index is 11.5. The minimum Gasteiger partial charge on any atom is -0.466 e. The second-order valence-corrected chi connectivity index (χ2v) is 3.74. The molecule has 0 saturated heterocycles. The standard InChI is InChI=1S/C13H18O2/c1-4-15-13(14)11(3)10(2)12-8-6-5-7-9-12/h5-11H,4H2,1-3H3/t10-,11-/m1/s1. The van der Waals surface area contributed by atoms with Crippen molar-refractivity contribution in [3.05, 3.63) is 35.9 Å². The van der Waals surface area contributed by atoms with E-state index in [0.29, 0.717) is 6.61 Å². The zero-order chi connectivity index (χ0) is 11.3. The van der Waals surface area contributed by atoms with Crippen LogP contribution in [-0.4, -0.2) is 12.6 Å². The van der Waals surface area contributed by atoms with Gasteiger partial charge in [-0.3, -0.25) is 4.79 Å². The van der Waals surface area contributed by atoms with E-state index >= 15 is 0 Å². The van der Waals surface area contributed by atoms with Crippen molar-refractivity contribution in [3.63, 3.8) is 0 Å². The van der Waals surface area contributed by atoms with Crippen LogP contribution < -0.4 is 0 Å². The zero-order valence-corrected chi connectivity index (χ0v) is 9.57. The molecular formula is C13H18O2. The Balaban J connectivity index is 2.68. The first-order valence-electron chi connectivity index (χ1n) is 5.38. The molecule has 1 rings (SSSR count). The molecule has 15 heavy (non-hydrogen) atoms. The minimum absolute atomic E-state index is 0.0904. The molecule has 0 bridgehead atoms. The molecule has 0 amide bonds. The highest BCUT2D eigenvalue weighted by molar-refractivity contribution is 5.73. The lowest BCUT2D eigenvalue weighted by atomic mass is 9.89. The first-order chi connectivity index (χ1) is 7.16. The van der Waals surface area contributed by atoms with Gasteiger partial charge in [0, 0.05) is 0 Å². The minimum atomic E-state index is -0.117. The van der Waals surface area contributed by atoms with E-state index in [1.807, 2.05) is 44.2 Å². The first kappa shape index (κ1) is 11.8. The Bertz CT molecular complexity index is 306. The second-order valence-electron chi connectivity index (χ2n) is 3.74. The fraction of sp³-hybridized carbons (Fsp3) is 0.462. The zero-order valence-electron chi connectivity index (χ0n) is 9.57. The molecular weight excluding hydrogens is 188 g/mol. The van der Waals surface area contributed by atoms with Crippen LogP contribution in [0.3, 0.4) is 0 Å². The van der Waals surface area contributed by atoms with Gasteiger partial charge in [-0.05, 0) is 18.4 Å². The van der Waals surface area contributed by atoms with Gasteiger partial charge < -0.3 is 4.74 Å². The summed E-state index contributed by atoms with van der Waals surface area (Å²) in [4.78, 5) is 11.5. The lowest BCUT2D eigenvalue weighted by Gasteiger charge is -2.18. The predicted octanol–water partition coefficient (Wildman–Crippen LogP) is 2.99. The summed E-state index contributed by atoms with van der Waals surface area (Å²) in [6.07, 6.45) is 0. The van der Waals surface area contributed by atoms with Crippen molar-refractivity contribution in [1.29, 1.82) is 0 Å². The first-order valence-corrected chi connectivity index (χ1v) is 5.38. The largest absolute Gasteiger partial charge is 0.466 e. The van der Waals surface area contributed by atoms with E-state index in [1.165, 1.54) is 5.56 Å². The Hall–Kier alpha value is -1.31. The van der Waals surface area contributed by atoms with Crippen LogP contribution >= 0.6 is 0 Å². The van der Waals surface area contributed by atoms with Gasteiger partial charge in [0.15, 0.2) is 0 Å². The van der Waals surface area contributed by atoms with Gasteiger partial charge in [-0.2, -0.15) is 0 Å². The molecule has 0 aromatic heterocycles. The number of benzene rings is 1. The number of hydrogen-bond acceptors (Lipinski definition) is 2. The van der Waals surface area contributed by atoms with Crippen molar-refractivity contribution in [3.8, 4) is 0 Å². The Labute approximate surface area is 91.3 Å². The lowest BCUT2D eigenvalue weighted by molar-refractivity contribution is -0.148. The van der Waals surface area contributed by atoms with Gasteiger partial charge in [-0.15, -0.1) is 0 Å². The highest BCUT2D eigenvalue weighted by Crippen LogP contribution is 2.24. The quantitative estimate of drug-likeness (QED) is 0.708. The third kappa shape index (κ3) is 3.08. The molecule has 2 nitrogen and oxygen atoms in total. The van der Waals surface area contributed by atoms with E-state index in [0.717, 1.165) is 0 Å². The Morgan fingerprint density at radius 3 is 2.40 bits per heavy atom. The number of hydrogen-bond donors (Lipinski definition) is 0. The number of esters is 1. The van der Waals surface area contributed by atoms with Crippen LogP contribution in [0.4, 0.5) is 0 Å². The summed E-state index contributed by atoms with van der Waals surface area (Å²) in [5, 5.41) is 0. The van der Waals surface area contributed by atoms with Gasteiger partial charge in [0.1, 0.15) is 0 Å². The molecule has 0 spiro atoms. The fourth-order valence-electron chi connectivity index (χ4n) is 1.52. The van der Waals surface area contributed by atoms with E-state index in [4.69, 9.17) is 4.74 Å². The van der Waals surface area contributed by atoms with E-state index in [1.54, 1.807) is 0 Å². The normalized spacial score (nSPS) is 14.3. The van der Waals surface area contributed by atoms with Crippen molar-refractivity contribution in [2.24, 2.45) is 5.92 Å². The van der Waals surface area contributed by atoms with Crippen LogP contribution in [0.15, 0.2) is 30.3 Å². The summed E-state index contributed by atoms with van der Waals surface area (Å²) in [6, 6.07) is 10.0. The Morgan fingerprint density at radius 2 is 1.87 bits per heavy atom. The van der Waals surface area contributed by atoms with Crippen LogP contribution in [0.25, 0.3) is 0 Å². The molecule has 0 heterocycles. The average molecular weight is 206 g/mol. The Kier molecular flexibility index (Phi) is 4.35. The molecule has 0 aliphatic carbocycles. The van der Waals surface area contributed by atoms with Crippen molar-refractivity contribution in [1.82, 2.24) is 0 Å². The highest BCUT2D eigenvalue weighted by atomic mass is 16.5. The summed E-state index contributed by atoms with van der Waals surface area (Å²) < 4.78 is 5.01. The van der Waals surface area contributed by atoms with Gasteiger partial charge in [0.25, 0.3) is 0 Å². The van der Waals surface area contributed by atoms with Crippen LogP contribution in [0.2, 0.25) is 0 Å². The maximum absolute atomic E-state index is 11.5. The number of carbonyl (C=O) groups excluding carboxylic acids is 1. The molecule has 82 valence electrons. The smallest absolute Gasteiger partial charge is 0.309 e. The molecule has 2 atom stereocenters. The van der Waals surface area contributed by atoms with Gasteiger partial charge in [0.2, 0.25) is 0 Å². The summed E-state index contributed by atoms with van der Waals surface area (Å²) in [7, 11) is 0. The molecule has 0 radical (unpaired) electrons. The number of rotatable bonds is 4. The fourth-order valence-corrected chi connectivity index (χ4v) is 1.52. The Morgan fingerprint density at radius 1 is 1.27 bits per heavy atom. The van der Waals surface area contributed by atoms with E-state index in [-0.39, 0.29) is 17.8 Å². The molecule has 1 aromatic carbocycles. The third-order valence-corrected chi connectivity index (χ3v) is 2.73. The van der Waals surface area contributed by atoms with E-state index < -0.39 is 0 Å². The molecule has 0 unspecified atom stereocenters. The highest BCUT2D eigenvalue weighted by Gasteiger charge is 2.22. The summed E-state index contributed by atoms with van der Waals surface area (Å²) in [5.74, 6) is -0.00791. The summed E-state index contributed by atoms with van der Waals surface area (Å²) in [6.45, 7) is 6.25. The predicted molar refractivity (Wildman–Crippen MR) is 60.7 cm³/mol. The molecule has 0 aliphatic rings. The van der Waals surface area contributed by atoms with Gasteiger partial charge in [-0.25, -0.2) is 0 Å². The average Bonchev–Trinajstić information content (AvgIpc) is 2.28. The molecule has 0 N–H and O–H groups in total. The summed E-state index contributed by atoms with van der Waals surface area (Å²) in [5.41, 5.74) is 1.18. The molecule has 0 fully saturated rings. The second kappa shape index (κ2) is 5.54. The van der Waals surface area contributed by atoms with Crippen molar-refractivity contribution < 1.29 is 9.53 Å². The molecule has 0 saturated carbocycles. The molecule has 2 heteroatoms. The maximum Gasteiger partial charge on any atom is 0.309 e. The molecule has 1 aromatic rings. The van der Waals surface area contributed by atoms with Gasteiger partial charge in [-0.1, -0.05) is 44.2 Å². The van der Waals surface area contributed by atoms with Crippen molar-refractivity contribution in [2.45, 2.75) is 26.7 Å². The van der Waals surface area contributed by atoms with Crippen molar-refractivity contribution in [2.75, 3.05) is 6.61 Å². The van der Waals surface area contributed by atoms with Crippen molar-refractivity contribution >= 4 is 5.97 Å². The van der Waals surface area contributed by atoms with Crippen LogP contribution in [0, 0.1) is 5.92 Å². The lowest BCUT2D eigenvalue weighted by Crippen LogP contribution is -2.20. The van der Waals surface area contributed by atoms with E-state index in [2.05, 4.69) is 6.92 Å². The molecule has 0 aliphatic heterocycles. The van der Waals surface area contributed by atoms with Crippen LogP contribution in [-0.2, 0) is 9.53 Å². The van der Waals surface area contributed by atoms with Crippen LogP contribution in [0.1, 0.15) is 32.3 Å².